The van der Waals surface area contributed by atoms with Crippen molar-refractivity contribution in [2.45, 2.75) is 24.4 Å². The predicted molar refractivity (Wildman–Crippen MR) is 77.6 cm³/mol. The summed E-state index contributed by atoms with van der Waals surface area (Å²) in [5, 5.41) is 30.2. The second-order valence-electron chi connectivity index (χ2n) is 4.37. The van der Waals surface area contributed by atoms with Gasteiger partial charge in [-0.3, -0.25) is 0 Å². The van der Waals surface area contributed by atoms with Gasteiger partial charge < -0.3 is 0 Å². The molecule has 1 fully saturated rings. The number of rotatable bonds is 3. The second kappa shape index (κ2) is 8.14. The molecule has 5 N–H and O–H groups in total. The Bertz CT molecular complexity index is 574. The van der Waals surface area contributed by atoms with Crippen LogP contribution in [-0.4, -0.2) is 85.1 Å². The Morgan fingerprint density at radius 3 is 2.59 bits per heavy atom. The van der Waals surface area contributed by atoms with Gasteiger partial charge >= 0.3 is 138 Å². The van der Waals surface area contributed by atoms with E-state index in [9.17, 15) is 15.0 Å². The summed E-state index contributed by atoms with van der Waals surface area (Å²) in [4.78, 5) is 22.3. The zero-order valence-electron chi connectivity index (χ0n) is 11.3. The van der Waals surface area contributed by atoms with Crippen LogP contribution in [0.15, 0.2) is 21.1 Å². The van der Waals surface area contributed by atoms with Crippen molar-refractivity contribution >= 4 is 34.9 Å². The first-order valence-electron chi connectivity index (χ1n) is 6.24. The van der Waals surface area contributed by atoms with Gasteiger partial charge in [-0.25, -0.2) is 0 Å². The van der Waals surface area contributed by atoms with E-state index in [1.165, 1.54) is 0 Å². The van der Waals surface area contributed by atoms with Gasteiger partial charge in [0.25, 0.3) is 0 Å². The molecule has 0 bridgehead atoms. The van der Waals surface area contributed by atoms with E-state index in [1.54, 1.807) is 4.94 Å². The summed E-state index contributed by atoms with van der Waals surface area (Å²) in [5.74, 6) is -0.631. The fraction of sp³-hybridized carbons (Fsp3) is 0.417. The summed E-state index contributed by atoms with van der Waals surface area (Å²) < 4.78 is 5.79. The summed E-state index contributed by atoms with van der Waals surface area (Å²) in [5.41, 5.74) is 5.23. The Balaban J connectivity index is 0.000000299. The average Bonchev–Trinajstić information content (AvgIpc) is 3.23. The Labute approximate surface area is 138 Å². The number of nitrogens with zero attached hydrogens (tertiary/aromatic N) is 2. The van der Waals surface area contributed by atoms with Gasteiger partial charge in [0.2, 0.25) is 0 Å². The van der Waals surface area contributed by atoms with Crippen LogP contribution in [-0.2, 0) is 4.74 Å². The van der Waals surface area contributed by atoms with E-state index in [4.69, 9.17) is 15.6 Å². The second-order valence-corrected chi connectivity index (χ2v) is 7.82. The van der Waals surface area contributed by atoms with Crippen LogP contribution in [0.3, 0.4) is 0 Å². The molecule has 0 aromatic carbocycles. The van der Waals surface area contributed by atoms with Gasteiger partial charge in [0, 0.05) is 0 Å². The molecule has 1 aliphatic heterocycles. The molecule has 3 heterocycles. The minimum absolute atomic E-state index is 0.151. The molecule has 120 valence electrons. The van der Waals surface area contributed by atoms with Crippen molar-refractivity contribution in [3.05, 3.63) is 31.4 Å². The number of carbonyl (C=O) groups is 1. The molecule has 1 aliphatic rings. The molecule has 0 unspecified atom stereocenters. The van der Waals surface area contributed by atoms with Gasteiger partial charge in [0.15, 0.2) is 0 Å². The molecular formula is C12H15N3O5Se2. The number of aliphatic hydroxyl groups is 3. The van der Waals surface area contributed by atoms with E-state index >= 15 is 0 Å². The number of amides is 1. The van der Waals surface area contributed by atoms with Gasteiger partial charge in [-0.15, -0.1) is 0 Å². The third kappa shape index (κ3) is 4.12. The van der Waals surface area contributed by atoms with Crippen LogP contribution in [0.4, 0.5) is 0 Å². The van der Waals surface area contributed by atoms with E-state index in [0.717, 1.165) is 0 Å². The molecule has 0 aliphatic carbocycles. The van der Waals surface area contributed by atoms with Gasteiger partial charge in [-0.2, -0.15) is 0 Å². The molecule has 4 atom stereocenters. The number of aliphatic hydroxyl groups excluding tert-OH is 3. The van der Waals surface area contributed by atoms with Crippen LogP contribution < -0.4 is 5.73 Å². The van der Waals surface area contributed by atoms with Crippen LogP contribution in [0.1, 0.15) is 21.2 Å². The molecular weight excluding hydrogens is 424 g/mol. The molecule has 0 saturated carbocycles. The molecule has 2 aromatic rings. The average molecular weight is 439 g/mol. The van der Waals surface area contributed by atoms with Crippen LogP contribution >= 0.6 is 0 Å². The van der Waals surface area contributed by atoms with Crippen LogP contribution in [0.2, 0.25) is 0 Å². The van der Waals surface area contributed by atoms with E-state index in [-0.39, 0.29) is 26.8 Å². The van der Waals surface area contributed by atoms with Crippen molar-refractivity contribution in [1.29, 1.82) is 0 Å². The number of primary amides is 1. The quantitative estimate of drug-likeness (QED) is 0.389. The zero-order valence-corrected chi connectivity index (χ0v) is 14.7. The van der Waals surface area contributed by atoms with Gasteiger partial charge in [-0.1, -0.05) is 0 Å². The van der Waals surface area contributed by atoms with Gasteiger partial charge in [-0.05, 0) is 0 Å². The third-order valence-corrected chi connectivity index (χ3v) is 5.90. The molecule has 2 aromatic heterocycles. The Morgan fingerprint density at radius 1 is 1.41 bits per heavy atom. The maximum atomic E-state index is 10.9. The Morgan fingerprint density at radius 2 is 2.18 bits per heavy atom. The summed E-state index contributed by atoms with van der Waals surface area (Å²) in [6.45, 7) is -0.384. The summed E-state index contributed by atoms with van der Waals surface area (Å²) in [6.07, 6.45) is -2.07. The maximum absolute atomic E-state index is 10.9. The van der Waals surface area contributed by atoms with E-state index in [1.807, 2.05) is 11.3 Å². The normalized spacial score (nSPS) is 27.2. The number of hydrogen-bond donors (Lipinski definition) is 4. The number of carbonyl (C=O) groups excluding carboxylic acids is 1. The van der Waals surface area contributed by atoms with Crippen molar-refractivity contribution < 1.29 is 24.9 Å². The molecule has 3 rings (SSSR count). The van der Waals surface area contributed by atoms with E-state index in [0.29, 0.717) is 19.1 Å². The molecule has 8 nitrogen and oxygen atoms in total. The van der Waals surface area contributed by atoms with Crippen LogP contribution in [0.25, 0.3) is 0 Å². The van der Waals surface area contributed by atoms with Crippen LogP contribution in [0.5, 0.6) is 0 Å². The van der Waals surface area contributed by atoms with Gasteiger partial charge in [0.05, 0.1) is 0 Å². The number of aromatic nitrogens is 2. The standard InChI is InChI=1S/C9H12N2O5Se.C3H3NSe/c10-8(15)3-2-17-9(11-3)7-6(14)5(13)4(1-12)16-7;1-2-5-3-4-1/h2,4-7,12-14H,1H2,(H2,10,15);1-3H/t4-,5-,6-,7-;/m1./s1. The number of ether oxygens (including phenoxy) is 1. The minimum atomic E-state index is -1.15. The summed E-state index contributed by atoms with van der Waals surface area (Å²) in [7, 11) is 0. The van der Waals surface area contributed by atoms with E-state index in [2.05, 4.69) is 14.9 Å². The van der Waals surface area contributed by atoms with Crippen molar-refractivity contribution in [3.8, 4) is 0 Å². The predicted octanol–water partition coefficient (Wildman–Crippen LogP) is -2.47. The molecule has 22 heavy (non-hydrogen) atoms. The van der Waals surface area contributed by atoms with Crippen LogP contribution in [0, 0.1) is 0 Å². The van der Waals surface area contributed by atoms with Crippen molar-refractivity contribution in [2.24, 2.45) is 5.73 Å². The monoisotopic (exact) mass is 441 g/mol. The Hall–Kier alpha value is -0.831. The SMILES string of the molecule is NC(=O)c1c[se]c([C@@H]2O[C@H](CO)[C@@H](O)[C@H]2O)n1.c1c[se]cn1. The summed E-state index contributed by atoms with van der Waals surface area (Å²) >= 11 is 0.361. The van der Waals surface area contributed by atoms with Crippen molar-refractivity contribution in [3.63, 3.8) is 0 Å². The Kier molecular flexibility index (Phi) is 6.49. The molecule has 0 spiro atoms. The molecule has 1 amide bonds. The molecule has 10 heteroatoms. The fourth-order valence-corrected chi connectivity index (χ4v) is 4.40. The zero-order chi connectivity index (χ0) is 16.1. The first kappa shape index (κ1) is 17.5. The molecule has 1 saturated heterocycles. The van der Waals surface area contributed by atoms with Crippen molar-refractivity contribution in [1.82, 2.24) is 9.97 Å². The first-order valence-corrected chi connectivity index (χ1v) is 10.1. The van der Waals surface area contributed by atoms with Crippen molar-refractivity contribution in [2.75, 3.05) is 6.61 Å². The topological polar surface area (TPSA) is 139 Å². The fourth-order valence-electron chi connectivity index (χ4n) is 1.81. The number of nitrogens with two attached hydrogens (primary N) is 1. The van der Waals surface area contributed by atoms with E-state index < -0.39 is 30.3 Å². The first-order chi connectivity index (χ1) is 10.5. The third-order valence-electron chi connectivity index (χ3n) is 2.91. The summed E-state index contributed by atoms with van der Waals surface area (Å²) in [6, 6.07) is 0. The molecule has 0 radical (unpaired) electrons. The number of hydrogen-bond acceptors (Lipinski definition) is 7. The van der Waals surface area contributed by atoms with Gasteiger partial charge in [0.1, 0.15) is 0 Å².